The largest absolute Gasteiger partial charge is 0.508 e. The molecule has 2 aromatic carbocycles. The number of aromatic hydroxyl groups is 1. The van der Waals surface area contributed by atoms with Crippen molar-refractivity contribution in [3.05, 3.63) is 121 Å². The van der Waals surface area contributed by atoms with Gasteiger partial charge in [-0.15, -0.1) is 0 Å². The zero-order valence-corrected chi connectivity index (χ0v) is 18.6. The summed E-state index contributed by atoms with van der Waals surface area (Å²) < 4.78 is 67.2. The summed E-state index contributed by atoms with van der Waals surface area (Å²) in [6.45, 7) is 15.6. The van der Waals surface area contributed by atoms with Gasteiger partial charge in [0.15, 0.2) is 23.2 Å². The van der Waals surface area contributed by atoms with Gasteiger partial charge in [-0.25, -0.2) is 8.78 Å². The maximum absolute atomic E-state index is 14.5. The summed E-state index contributed by atoms with van der Waals surface area (Å²) in [7, 11) is 0. The molecule has 0 radical (unpaired) electrons. The van der Waals surface area contributed by atoms with Gasteiger partial charge >= 0.3 is 0 Å². The summed E-state index contributed by atoms with van der Waals surface area (Å²) in [5.74, 6) is -5.62. The molecule has 34 heavy (non-hydrogen) atoms. The topological polar surface area (TPSA) is 38.7 Å². The SMILES string of the molecule is C=C(/C=C\C(=C)C(=C)/C(F)=C(/F)C(=C)OCC)COc1ccc(-c2ccc(O)cc2)c(F)c1F. The van der Waals surface area contributed by atoms with E-state index in [9.17, 15) is 22.7 Å². The van der Waals surface area contributed by atoms with Gasteiger partial charge in [0.1, 0.15) is 12.4 Å². The van der Waals surface area contributed by atoms with Gasteiger partial charge in [0, 0.05) is 11.1 Å². The summed E-state index contributed by atoms with van der Waals surface area (Å²) in [6, 6.07) is 8.26. The van der Waals surface area contributed by atoms with Gasteiger partial charge in [-0.3, -0.25) is 0 Å². The molecule has 178 valence electrons. The number of allylic oxidation sites excluding steroid dienone is 5. The van der Waals surface area contributed by atoms with Crippen LogP contribution in [0.5, 0.6) is 11.5 Å². The Morgan fingerprint density at radius 2 is 1.56 bits per heavy atom. The third-order valence-electron chi connectivity index (χ3n) is 4.57. The second-order valence-corrected chi connectivity index (χ2v) is 7.05. The predicted molar refractivity (Wildman–Crippen MR) is 126 cm³/mol. The number of benzene rings is 2. The highest BCUT2D eigenvalue weighted by atomic mass is 19.2. The van der Waals surface area contributed by atoms with Gasteiger partial charge in [0.25, 0.3) is 0 Å². The van der Waals surface area contributed by atoms with Crippen molar-refractivity contribution in [1.82, 2.24) is 0 Å². The Kier molecular flexibility index (Phi) is 9.07. The van der Waals surface area contributed by atoms with E-state index in [1.54, 1.807) is 6.92 Å². The van der Waals surface area contributed by atoms with Crippen LogP contribution in [-0.4, -0.2) is 18.3 Å². The van der Waals surface area contributed by atoms with E-state index in [1.807, 2.05) is 0 Å². The van der Waals surface area contributed by atoms with Gasteiger partial charge in [-0.1, -0.05) is 50.6 Å². The molecule has 0 heterocycles. The van der Waals surface area contributed by atoms with Gasteiger partial charge in [0.05, 0.1) is 6.61 Å². The van der Waals surface area contributed by atoms with Crippen LogP contribution >= 0.6 is 0 Å². The van der Waals surface area contributed by atoms with Crippen molar-refractivity contribution < 1.29 is 32.1 Å². The average Bonchev–Trinajstić information content (AvgIpc) is 2.82. The van der Waals surface area contributed by atoms with Crippen molar-refractivity contribution in [3.63, 3.8) is 0 Å². The van der Waals surface area contributed by atoms with E-state index in [-0.39, 0.29) is 41.4 Å². The zero-order chi connectivity index (χ0) is 25.4. The van der Waals surface area contributed by atoms with E-state index in [0.29, 0.717) is 11.1 Å². The monoisotopic (exact) mass is 472 g/mol. The molecule has 3 nitrogen and oxygen atoms in total. The van der Waals surface area contributed by atoms with Crippen LogP contribution < -0.4 is 4.74 Å². The molecule has 0 aliphatic rings. The van der Waals surface area contributed by atoms with Crippen LogP contribution in [0.15, 0.2) is 109 Å². The van der Waals surface area contributed by atoms with Crippen molar-refractivity contribution in [2.45, 2.75) is 6.92 Å². The number of hydrogen-bond donors (Lipinski definition) is 1. The molecule has 2 aromatic rings. The molecule has 0 aliphatic carbocycles. The maximum Gasteiger partial charge on any atom is 0.201 e. The average molecular weight is 472 g/mol. The first kappa shape index (κ1) is 26.3. The molecule has 0 saturated carbocycles. The fourth-order valence-electron chi connectivity index (χ4n) is 2.68. The molecule has 0 saturated heterocycles. The quantitative estimate of drug-likeness (QED) is 0.207. The molecular weight excluding hydrogens is 448 g/mol. The maximum atomic E-state index is 14.5. The fourth-order valence-corrected chi connectivity index (χ4v) is 2.68. The van der Waals surface area contributed by atoms with Crippen molar-refractivity contribution >= 4 is 0 Å². The number of halogens is 4. The molecule has 0 unspecified atom stereocenters. The smallest absolute Gasteiger partial charge is 0.201 e. The number of hydrogen-bond acceptors (Lipinski definition) is 3. The lowest BCUT2D eigenvalue weighted by atomic mass is 10.0. The summed E-state index contributed by atoms with van der Waals surface area (Å²) in [5, 5.41) is 9.34. The van der Waals surface area contributed by atoms with E-state index in [0.717, 1.165) is 0 Å². The first-order chi connectivity index (χ1) is 16.1. The molecule has 7 heteroatoms. The molecule has 0 fully saturated rings. The highest BCUT2D eigenvalue weighted by molar-refractivity contribution is 5.66. The van der Waals surface area contributed by atoms with E-state index in [4.69, 9.17) is 9.47 Å². The second kappa shape index (κ2) is 11.7. The Balaban J connectivity index is 2.03. The Hall–Kier alpha value is -4.00. The highest BCUT2D eigenvalue weighted by Gasteiger charge is 2.17. The van der Waals surface area contributed by atoms with Crippen molar-refractivity contribution in [2.24, 2.45) is 0 Å². The third-order valence-corrected chi connectivity index (χ3v) is 4.57. The summed E-state index contributed by atoms with van der Waals surface area (Å²) >= 11 is 0. The van der Waals surface area contributed by atoms with Gasteiger partial charge in [-0.2, -0.15) is 8.78 Å². The van der Waals surface area contributed by atoms with E-state index >= 15 is 0 Å². The second-order valence-electron chi connectivity index (χ2n) is 7.05. The minimum absolute atomic E-state index is 0.00210. The van der Waals surface area contributed by atoms with Crippen LogP contribution in [0, 0.1) is 11.6 Å². The van der Waals surface area contributed by atoms with Crippen LogP contribution in [0.25, 0.3) is 11.1 Å². The minimum atomic E-state index is -1.28. The van der Waals surface area contributed by atoms with E-state index in [1.165, 1.54) is 48.6 Å². The number of rotatable bonds is 11. The molecule has 1 N–H and O–H groups in total. The Labute approximate surface area is 196 Å². The first-order valence-electron chi connectivity index (χ1n) is 10.1. The van der Waals surface area contributed by atoms with Crippen molar-refractivity contribution in [3.8, 4) is 22.6 Å². The van der Waals surface area contributed by atoms with Gasteiger partial charge < -0.3 is 14.6 Å². The highest BCUT2D eigenvalue weighted by Crippen LogP contribution is 2.31. The number of phenolic OH excluding ortho intramolecular Hbond substituents is 1. The Morgan fingerprint density at radius 3 is 2.18 bits per heavy atom. The van der Waals surface area contributed by atoms with Gasteiger partial charge in [-0.05, 0) is 47.9 Å². The summed E-state index contributed by atoms with van der Waals surface area (Å²) in [4.78, 5) is 0. The first-order valence-corrected chi connectivity index (χ1v) is 10.1. The normalized spacial score (nSPS) is 11.7. The Bertz CT molecular complexity index is 1180. The fraction of sp³-hybridized carbons (Fsp3) is 0.111. The van der Waals surface area contributed by atoms with E-state index < -0.39 is 29.0 Å². The standard InChI is InChI=1S/C27H24F4O3/c1-6-33-19(5)25(29)24(28)18(4)17(3)8-7-16(2)15-34-23-14-13-22(26(30)27(23)31)20-9-11-21(32)12-10-20/h7-14,32H,2-6,15H2,1H3/b8-7-,25-24-. The number of ether oxygens (including phenoxy) is 2. The van der Waals surface area contributed by atoms with Crippen LogP contribution in [0.2, 0.25) is 0 Å². The lowest BCUT2D eigenvalue weighted by Gasteiger charge is -2.11. The molecular formula is C27H24F4O3. The van der Waals surface area contributed by atoms with Crippen LogP contribution in [-0.2, 0) is 4.74 Å². The molecule has 2 rings (SSSR count). The summed E-state index contributed by atoms with van der Waals surface area (Å²) in [5.41, 5.74) is 0.442. The number of phenols is 1. The Morgan fingerprint density at radius 1 is 0.912 bits per heavy atom. The molecule has 0 bridgehead atoms. The lowest BCUT2D eigenvalue weighted by Crippen LogP contribution is -2.02. The van der Waals surface area contributed by atoms with Crippen molar-refractivity contribution in [1.29, 1.82) is 0 Å². The van der Waals surface area contributed by atoms with Crippen LogP contribution in [0.3, 0.4) is 0 Å². The minimum Gasteiger partial charge on any atom is -0.508 e. The molecule has 0 amide bonds. The summed E-state index contributed by atoms with van der Waals surface area (Å²) in [6.07, 6.45) is 2.73. The lowest BCUT2D eigenvalue weighted by molar-refractivity contribution is 0.224. The van der Waals surface area contributed by atoms with Crippen molar-refractivity contribution in [2.75, 3.05) is 13.2 Å². The molecule has 0 spiro atoms. The zero-order valence-electron chi connectivity index (χ0n) is 18.6. The molecule has 0 aliphatic heterocycles. The molecule has 0 atom stereocenters. The van der Waals surface area contributed by atoms with Gasteiger partial charge in [0.2, 0.25) is 11.6 Å². The van der Waals surface area contributed by atoms with Crippen LogP contribution in [0.4, 0.5) is 17.6 Å². The third kappa shape index (κ3) is 6.51. The van der Waals surface area contributed by atoms with E-state index in [2.05, 4.69) is 26.3 Å². The predicted octanol–water partition coefficient (Wildman–Crippen LogP) is 7.64. The molecule has 0 aromatic heterocycles. The van der Waals surface area contributed by atoms with Crippen LogP contribution in [0.1, 0.15) is 6.92 Å².